The average Bonchev–Trinajstić information content (AvgIpc) is 3.25. The highest BCUT2D eigenvalue weighted by atomic mass is 32.1. The predicted molar refractivity (Wildman–Crippen MR) is 98.0 cm³/mol. The number of imide groups is 1. The minimum Gasteiger partial charge on any atom is -0.339 e. The summed E-state index contributed by atoms with van der Waals surface area (Å²) in [5, 5.41) is 4.21. The molecule has 0 spiro atoms. The van der Waals surface area contributed by atoms with Crippen LogP contribution in [0.25, 0.3) is 0 Å². The number of piperazine rings is 1. The molecule has 1 saturated heterocycles. The average molecular weight is 369 g/mol. The fourth-order valence-corrected chi connectivity index (χ4v) is 4.07. The van der Waals surface area contributed by atoms with Gasteiger partial charge in [0.2, 0.25) is 5.91 Å². The second kappa shape index (κ2) is 7.01. The van der Waals surface area contributed by atoms with Crippen molar-refractivity contribution in [1.29, 1.82) is 0 Å². The molecule has 0 atom stereocenters. The van der Waals surface area contributed by atoms with Crippen LogP contribution in [0.2, 0.25) is 0 Å². The van der Waals surface area contributed by atoms with Crippen molar-refractivity contribution in [3.05, 3.63) is 57.8 Å². The highest BCUT2D eigenvalue weighted by Gasteiger charge is 2.37. The molecule has 2 aliphatic rings. The van der Waals surface area contributed by atoms with Gasteiger partial charge < -0.3 is 4.90 Å². The zero-order valence-corrected chi connectivity index (χ0v) is 15.1. The molecular weight excluding hydrogens is 350 g/mol. The van der Waals surface area contributed by atoms with E-state index < -0.39 is 0 Å². The normalized spacial score (nSPS) is 17.7. The van der Waals surface area contributed by atoms with Crippen molar-refractivity contribution in [2.45, 2.75) is 6.54 Å². The minimum absolute atomic E-state index is 0.172. The van der Waals surface area contributed by atoms with E-state index in [1.807, 2.05) is 0 Å². The first-order valence-corrected chi connectivity index (χ1v) is 9.54. The van der Waals surface area contributed by atoms with E-state index in [-0.39, 0.29) is 24.3 Å². The van der Waals surface area contributed by atoms with Gasteiger partial charge in [-0.1, -0.05) is 12.1 Å². The lowest BCUT2D eigenvalue weighted by atomic mass is 10.1. The van der Waals surface area contributed by atoms with Gasteiger partial charge in [-0.3, -0.25) is 24.2 Å². The standard InChI is InChI=1S/C19H19N3O3S/c23-17(12-22-18(24)15-3-1-2-4-16(15)19(22)25)21-8-6-20(7-9-21)11-14-5-10-26-13-14/h1-5,10,13H,6-9,11-12H2. The van der Waals surface area contributed by atoms with Crippen LogP contribution in [-0.2, 0) is 11.3 Å². The van der Waals surface area contributed by atoms with Crippen LogP contribution in [0.15, 0.2) is 41.1 Å². The van der Waals surface area contributed by atoms with Gasteiger partial charge in [-0.25, -0.2) is 0 Å². The topological polar surface area (TPSA) is 60.9 Å². The summed E-state index contributed by atoms with van der Waals surface area (Å²) in [6.45, 7) is 3.53. The van der Waals surface area contributed by atoms with Crippen LogP contribution in [0.3, 0.4) is 0 Å². The zero-order chi connectivity index (χ0) is 18.1. The van der Waals surface area contributed by atoms with E-state index in [9.17, 15) is 14.4 Å². The summed E-state index contributed by atoms with van der Waals surface area (Å²) >= 11 is 1.69. The number of carbonyl (C=O) groups excluding carboxylic acids is 3. The first-order valence-electron chi connectivity index (χ1n) is 8.60. The van der Waals surface area contributed by atoms with Crippen LogP contribution in [0.4, 0.5) is 0 Å². The van der Waals surface area contributed by atoms with E-state index in [2.05, 4.69) is 21.7 Å². The number of thiophene rings is 1. The fourth-order valence-electron chi connectivity index (χ4n) is 3.41. The molecular formula is C19H19N3O3S. The van der Waals surface area contributed by atoms with Crippen LogP contribution in [0.1, 0.15) is 26.3 Å². The van der Waals surface area contributed by atoms with Crippen molar-refractivity contribution < 1.29 is 14.4 Å². The van der Waals surface area contributed by atoms with Gasteiger partial charge in [0.25, 0.3) is 11.8 Å². The van der Waals surface area contributed by atoms with Crippen LogP contribution in [-0.4, -0.2) is 65.1 Å². The molecule has 2 aliphatic heterocycles. The molecule has 3 amide bonds. The molecule has 7 heteroatoms. The Hall–Kier alpha value is -2.51. The molecule has 1 aromatic carbocycles. The minimum atomic E-state index is -0.380. The molecule has 0 radical (unpaired) electrons. The second-order valence-corrected chi connectivity index (χ2v) is 7.31. The molecule has 6 nitrogen and oxygen atoms in total. The molecule has 0 bridgehead atoms. The lowest BCUT2D eigenvalue weighted by Gasteiger charge is -2.35. The van der Waals surface area contributed by atoms with E-state index in [1.54, 1.807) is 40.5 Å². The highest BCUT2D eigenvalue weighted by molar-refractivity contribution is 7.07. The number of carbonyl (C=O) groups is 3. The zero-order valence-electron chi connectivity index (χ0n) is 14.3. The Balaban J connectivity index is 1.34. The van der Waals surface area contributed by atoms with Crippen molar-refractivity contribution in [3.8, 4) is 0 Å². The summed E-state index contributed by atoms with van der Waals surface area (Å²) in [4.78, 5) is 42.5. The van der Waals surface area contributed by atoms with Gasteiger partial charge in [0.1, 0.15) is 6.54 Å². The molecule has 0 N–H and O–H groups in total. The van der Waals surface area contributed by atoms with Gasteiger partial charge in [0.05, 0.1) is 11.1 Å². The molecule has 134 valence electrons. The SMILES string of the molecule is O=C(CN1C(=O)c2ccccc2C1=O)N1CCN(Cc2ccsc2)CC1. The molecule has 1 aromatic heterocycles. The van der Waals surface area contributed by atoms with Crippen molar-refractivity contribution in [1.82, 2.24) is 14.7 Å². The van der Waals surface area contributed by atoms with E-state index in [0.29, 0.717) is 24.2 Å². The van der Waals surface area contributed by atoms with E-state index in [4.69, 9.17) is 0 Å². The second-order valence-electron chi connectivity index (χ2n) is 6.53. The maximum Gasteiger partial charge on any atom is 0.262 e. The van der Waals surface area contributed by atoms with Crippen molar-refractivity contribution in [3.63, 3.8) is 0 Å². The summed E-state index contributed by atoms with van der Waals surface area (Å²) in [7, 11) is 0. The molecule has 0 aliphatic carbocycles. The van der Waals surface area contributed by atoms with Gasteiger partial charge in [0.15, 0.2) is 0 Å². The fraction of sp³-hybridized carbons (Fsp3) is 0.316. The third-order valence-electron chi connectivity index (χ3n) is 4.88. The third-order valence-corrected chi connectivity index (χ3v) is 5.61. The number of fused-ring (bicyclic) bond motifs is 1. The van der Waals surface area contributed by atoms with Crippen LogP contribution in [0.5, 0.6) is 0 Å². The number of amides is 3. The molecule has 1 fully saturated rings. The molecule has 0 saturated carbocycles. The lowest BCUT2D eigenvalue weighted by molar-refractivity contribution is -0.133. The van der Waals surface area contributed by atoms with Gasteiger partial charge in [-0.2, -0.15) is 11.3 Å². The van der Waals surface area contributed by atoms with Gasteiger partial charge in [0, 0.05) is 32.7 Å². The van der Waals surface area contributed by atoms with E-state index >= 15 is 0 Å². The number of rotatable bonds is 4. The quantitative estimate of drug-likeness (QED) is 0.770. The Morgan fingerprint density at radius 2 is 1.62 bits per heavy atom. The molecule has 4 rings (SSSR count). The van der Waals surface area contributed by atoms with Gasteiger partial charge in [-0.15, -0.1) is 0 Å². The van der Waals surface area contributed by atoms with E-state index in [1.165, 1.54) is 5.56 Å². The van der Waals surface area contributed by atoms with Crippen molar-refractivity contribution >= 4 is 29.1 Å². The first-order chi connectivity index (χ1) is 12.6. The number of nitrogens with zero attached hydrogens (tertiary/aromatic N) is 3. The number of hydrogen-bond donors (Lipinski definition) is 0. The van der Waals surface area contributed by atoms with Crippen molar-refractivity contribution in [2.24, 2.45) is 0 Å². The Bertz CT molecular complexity index is 806. The Morgan fingerprint density at radius 3 is 2.19 bits per heavy atom. The maximum absolute atomic E-state index is 12.6. The predicted octanol–water partition coefficient (Wildman–Crippen LogP) is 1.69. The summed E-state index contributed by atoms with van der Waals surface area (Å²) < 4.78 is 0. The third kappa shape index (κ3) is 3.15. The summed E-state index contributed by atoms with van der Waals surface area (Å²) in [6.07, 6.45) is 0. The monoisotopic (exact) mass is 369 g/mol. The molecule has 26 heavy (non-hydrogen) atoms. The van der Waals surface area contributed by atoms with Gasteiger partial charge in [-0.05, 0) is 34.5 Å². The Kier molecular flexibility index (Phi) is 4.57. The smallest absolute Gasteiger partial charge is 0.262 e. The number of benzene rings is 1. The highest BCUT2D eigenvalue weighted by Crippen LogP contribution is 2.22. The number of hydrogen-bond acceptors (Lipinski definition) is 5. The Morgan fingerprint density at radius 1 is 0.962 bits per heavy atom. The van der Waals surface area contributed by atoms with Crippen LogP contribution in [0, 0.1) is 0 Å². The lowest BCUT2D eigenvalue weighted by Crippen LogP contribution is -2.51. The van der Waals surface area contributed by atoms with Crippen LogP contribution < -0.4 is 0 Å². The van der Waals surface area contributed by atoms with Crippen molar-refractivity contribution in [2.75, 3.05) is 32.7 Å². The van der Waals surface area contributed by atoms with E-state index in [0.717, 1.165) is 24.5 Å². The summed E-state index contributed by atoms with van der Waals surface area (Å²) in [5.74, 6) is -0.931. The molecule has 0 unspecified atom stereocenters. The van der Waals surface area contributed by atoms with Crippen LogP contribution >= 0.6 is 11.3 Å². The molecule has 3 heterocycles. The maximum atomic E-state index is 12.6. The molecule has 2 aromatic rings. The first kappa shape index (κ1) is 16.9. The summed E-state index contributed by atoms with van der Waals surface area (Å²) in [5.41, 5.74) is 2.05. The van der Waals surface area contributed by atoms with Gasteiger partial charge >= 0.3 is 0 Å². The Labute approximate surface area is 155 Å². The summed E-state index contributed by atoms with van der Waals surface area (Å²) in [6, 6.07) is 8.82. The largest absolute Gasteiger partial charge is 0.339 e.